The van der Waals surface area contributed by atoms with Crippen molar-refractivity contribution >= 4 is 33.3 Å². The summed E-state index contributed by atoms with van der Waals surface area (Å²) in [4.78, 5) is 16.3. The molecule has 0 aliphatic rings. The molecular weight excluding hydrogens is 358 g/mol. The lowest BCUT2D eigenvalue weighted by Crippen LogP contribution is -2.15. The van der Waals surface area contributed by atoms with Crippen molar-refractivity contribution in [1.29, 1.82) is 0 Å². The predicted molar refractivity (Wildman–Crippen MR) is 93.9 cm³/mol. The zero-order valence-corrected chi connectivity index (χ0v) is 14.3. The van der Waals surface area contributed by atoms with Crippen molar-refractivity contribution in [2.45, 2.75) is 19.4 Å². The molecule has 2 rings (SSSR count). The fourth-order valence-corrected chi connectivity index (χ4v) is 2.04. The Morgan fingerprint density at radius 3 is 2.83 bits per heavy atom. The molecule has 0 unspecified atom stereocenters. The van der Waals surface area contributed by atoms with Crippen molar-refractivity contribution in [2.75, 3.05) is 11.1 Å². The van der Waals surface area contributed by atoms with Crippen LogP contribution in [0.5, 0.6) is 0 Å². The van der Waals surface area contributed by atoms with Crippen molar-refractivity contribution in [2.24, 2.45) is 0 Å². The van der Waals surface area contributed by atoms with E-state index in [1.54, 1.807) is 50.4 Å². The molecule has 0 radical (unpaired) electrons. The smallest absolute Gasteiger partial charge is 0.255 e. The zero-order chi connectivity index (χ0) is 17.0. The van der Waals surface area contributed by atoms with Crippen LogP contribution in [0.4, 0.5) is 11.5 Å². The summed E-state index contributed by atoms with van der Waals surface area (Å²) in [7, 11) is 0. The van der Waals surface area contributed by atoms with Gasteiger partial charge in [0.15, 0.2) is 0 Å². The second-order valence-electron chi connectivity index (χ2n) is 5.43. The first-order valence-electron chi connectivity index (χ1n) is 6.82. The summed E-state index contributed by atoms with van der Waals surface area (Å²) in [6.45, 7) is 3.19. The molecule has 0 fully saturated rings. The summed E-state index contributed by atoms with van der Waals surface area (Å²) in [6.07, 6.45) is 1.55. The number of hydrogen-bond acceptors (Lipinski definition) is 4. The Labute approximate surface area is 143 Å². The average molecular weight is 374 g/mol. The van der Waals surface area contributed by atoms with Gasteiger partial charge in [0.2, 0.25) is 0 Å². The third kappa shape index (κ3) is 5.09. The van der Waals surface area contributed by atoms with E-state index in [9.17, 15) is 9.90 Å². The van der Waals surface area contributed by atoms with E-state index in [2.05, 4.69) is 38.1 Å². The number of nitrogen functional groups attached to an aromatic ring is 1. The van der Waals surface area contributed by atoms with E-state index in [4.69, 9.17) is 5.73 Å². The van der Waals surface area contributed by atoms with E-state index >= 15 is 0 Å². The van der Waals surface area contributed by atoms with E-state index < -0.39 is 5.60 Å². The van der Waals surface area contributed by atoms with Crippen LogP contribution in [0.15, 0.2) is 41.0 Å². The van der Waals surface area contributed by atoms with Crippen molar-refractivity contribution in [1.82, 2.24) is 4.98 Å². The summed E-state index contributed by atoms with van der Waals surface area (Å²) in [5, 5.41) is 12.3. The number of carbonyl (C=O) groups excluding carboxylic acids is 1. The lowest BCUT2D eigenvalue weighted by Gasteiger charge is -2.08. The summed E-state index contributed by atoms with van der Waals surface area (Å²) in [5.41, 5.74) is 6.16. The van der Waals surface area contributed by atoms with Gasteiger partial charge in [-0.05, 0) is 54.0 Å². The number of anilines is 2. The lowest BCUT2D eigenvalue weighted by molar-refractivity contribution is 0.102. The van der Waals surface area contributed by atoms with E-state index in [-0.39, 0.29) is 11.7 Å². The number of rotatable bonds is 2. The summed E-state index contributed by atoms with van der Waals surface area (Å²) in [5.74, 6) is 5.47. The molecule has 1 aromatic carbocycles. The maximum atomic E-state index is 12.3. The molecule has 0 aliphatic carbocycles. The quantitative estimate of drug-likeness (QED) is 0.706. The van der Waals surface area contributed by atoms with Crippen LogP contribution in [0.2, 0.25) is 0 Å². The van der Waals surface area contributed by atoms with Crippen LogP contribution < -0.4 is 11.1 Å². The monoisotopic (exact) mass is 373 g/mol. The highest BCUT2D eigenvalue weighted by atomic mass is 79.9. The highest BCUT2D eigenvalue weighted by molar-refractivity contribution is 9.10. The number of benzene rings is 1. The second-order valence-corrected chi connectivity index (χ2v) is 6.35. The van der Waals surface area contributed by atoms with Crippen LogP contribution in [0, 0.1) is 11.8 Å². The molecular formula is C17H16BrN3O2. The van der Waals surface area contributed by atoms with Crippen molar-refractivity contribution in [3.05, 3.63) is 52.1 Å². The Hall–Kier alpha value is -2.36. The minimum absolute atomic E-state index is 0.236. The Kier molecular flexibility index (Phi) is 5.04. The molecule has 4 N–H and O–H groups in total. The van der Waals surface area contributed by atoms with E-state index in [0.717, 1.165) is 0 Å². The summed E-state index contributed by atoms with van der Waals surface area (Å²) < 4.78 is 0.715. The topological polar surface area (TPSA) is 88.2 Å². The Bertz CT molecular complexity index is 801. The molecule has 1 heterocycles. The van der Waals surface area contributed by atoms with Crippen LogP contribution in [0.25, 0.3) is 0 Å². The highest BCUT2D eigenvalue weighted by Crippen LogP contribution is 2.21. The normalized spacial score (nSPS) is 10.6. The van der Waals surface area contributed by atoms with Crippen molar-refractivity contribution in [3.63, 3.8) is 0 Å². The van der Waals surface area contributed by atoms with Crippen LogP contribution >= 0.6 is 15.9 Å². The van der Waals surface area contributed by atoms with Crippen LogP contribution in [-0.4, -0.2) is 21.6 Å². The van der Waals surface area contributed by atoms with Crippen LogP contribution in [0.1, 0.15) is 29.8 Å². The zero-order valence-electron chi connectivity index (χ0n) is 12.7. The first kappa shape index (κ1) is 17.0. The lowest BCUT2D eigenvalue weighted by atomic mass is 10.1. The van der Waals surface area contributed by atoms with Crippen molar-refractivity contribution in [3.8, 4) is 11.8 Å². The minimum atomic E-state index is -1.09. The molecule has 5 nitrogen and oxygen atoms in total. The minimum Gasteiger partial charge on any atom is -0.382 e. The van der Waals surface area contributed by atoms with Gasteiger partial charge in [-0.25, -0.2) is 4.98 Å². The number of nitrogens with two attached hydrogens (primary N) is 1. The van der Waals surface area contributed by atoms with Gasteiger partial charge in [0.1, 0.15) is 11.4 Å². The Balaban J connectivity index is 2.23. The maximum absolute atomic E-state index is 12.3. The third-order valence-corrected chi connectivity index (χ3v) is 3.20. The molecule has 0 saturated heterocycles. The molecule has 0 spiro atoms. The number of nitrogens with one attached hydrogen (secondary N) is 1. The van der Waals surface area contributed by atoms with Gasteiger partial charge in [-0.1, -0.05) is 17.9 Å². The first-order valence-corrected chi connectivity index (χ1v) is 7.62. The van der Waals surface area contributed by atoms with Gasteiger partial charge >= 0.3 is 0 Å². The van der Waals surface area contributed by atoms with Crippen LogP contribution in [0.3, 0.4) is 0 Å². The Morgan fingerprint density at radius 2 is 2.13 bits per heavy atom. The molecule has 118 valence electrons. The summed E-state index contributed by atoms with van der Waals surface area (Å²) in [6, 6.07) is 8.50. The fourth-order valence-electron chi connectivity index (χ4n) is 1.71. The SMILES string of the molecule is CC(C)(O)C#Cc1cccc(C(=O)Nc2cc(Br)cnc2N)c1. The number of pyridine rings is 1. The van der Waals surface area contributed by atoms with Gasteiger partial charge in [0.05, 0.1) is 5.69 Å². The molecule has 1 aromatic heterocycles. The summed E-state index contributed by atoms with van der Waals surface area (Å²) >= 11 is 3.28. The molecule has 0 saturated carbocycles. The first-order chi connectivity index (χ1) is 10.7. The molecule has 0 bridgehead atoms. The van der Waals surface area contributed by atoms with Crippen LogP contribution in [-0.2, 0) is 0 Å². The van der Waals surface area contributed by atoms with Gasteiger partial charge < -0.3 is 16.2 Å². The number of amides is 1. The molecule has 6 heteroatoms. The van der Waals surface area contributed by atoms with Gasteiger partial charge in [-0.15, -0.1) is 0 Å². The maximum Gasteiger partial charge on any atom is 0.255 e. The average Bonchev–Trinajstić information content (AvgIpc) is 2.48. The Morgan fingerprint density at radius 1 is 1.39 bits per heavy atom. The highest BCUT2D eigenvalue weighted by Gasteiger charge is 2.10. The molecule has 0 atom stereocenters. The number of nitrogens with zero attached hydrogens (tertiary/aromatic N) is 1. The molecule has 2 aromatic rings. The van der Waals surface area contributed by atoms with Gasteiger partial charge in [-0.3, -0.25) is 4.79 Å². The van der Waals surface area contributed by atoms with E-state index in [1.165, 1.54) is 0 Å². The third-order valence-electron chi connectivity index (χ3n) is 2.77. The van der Waals surface area contributed by atoms with Gasteiger partial charge in [0, 0.05) is 21.8 Å². The van der Waals surface area contributed by atoms with Crippen molar-refractivity contribution < 1.29 is 9.90 Å². The molecule has 23 heavy (non-hydrogen) atoms. The molecule has 0 aliphatic heterocycles. The number of carbonyl (C=O) groups is 1. The molecule has 1 amide bonds. The number of hydrogen-bond donors (Lipinski definition) is 3. The van der Waals surface area contributed by atoms with Gasteiger partial charge in [-0.2, -0.15) is 0 Å². The number of aromatic nitrogens is 1. The standard InChI is InChI=1S/C17H16BrN3O2/c1-17(2,23)7-6-11-4-3-5-12(8-11)16(22)21-14-9-13(18)10-20-15(14)19/h3-5,8-10,23H,1-2H3,(H2,19,20)(H,21,22). The largest absolute Gasteiger partial charge is 0.382 e. The van der Waals surface area contributed by atoms with E-state index in [1.807, 2.05) is 0 Å². The fraction of sp³-hybridized carbons (Fsp3) is 0.176. The second kappa shape index (κ2) is 6.82. The predicted octanol–water partition coefficient (Wildman–Crippen LogP) is 2.80. The van der Waals surface area contributed by atoms with E-state index in [0.29, 0.717) is 21.3 Å². The number of halogens is 1. The van der Waals surface area contributed by atoms with Gasteiger partial charge in [0.25, 0.3) is 5.91 Å². The number of aliphatic hydroxyl groups is 1.